The van der Waals surface area contributed by atoms with E-state index >= 15 is 0 Å². The van der Waals surface area contributed by atoms with Crippen molar-refractivity contribution in [2.24, 2.45) is 0 Å². The van der Waals surface area contributed by atoms with E-state index in [1.807, 2.05) is 0 Å². The summed E-state index contributed by atoms with van der Waals surface area (Å²) in [5.74, 6) is 0.747. The molecular weight excluding hydrogens is 196 g/mol. The van der Waals surface area contributed by atoms with Crippen LogP contribution < -0.4 is 0 Å². The Hall–Kier alpha value is -0.790. The molecule has 0 aliphatic heterocycles. The zero-order valence-electron chi connectivity index (χ0n) is 10.5. The number of H-pyrrole nitrogens is 1. The molecule has 1 aromatic heterocycles. The molecule has 1 saturated carbocycles. The van der Waals surface area contributed by atoms with Crippen LogP contribution in [0.4, 0.5) is 0 Å². The smallest absolute Gasteiger partial charge is 0.0684 e. The van der Waals surface area contributed by atoms with Crippen LogP contribution >= 0.6 is 0 Å². The third-order valence-electron chi connectivity index (χ3n) is 3.79. The summed E-state index contributed by atoms with van der Waals surface area (Å²) in [5, 5.41) is 7.57. The lowest BCUT2D eigenvalue weighted by Crippen LogP contribution is -2.07. The van der Waals surface area contributed by atoms with Crippen molar-refractivity contribution in [2.75, 3.05) is 0 Å². The molecule has 0 saturated heterocycles. The highest BCUT2D eigenvalue weighted by atomic mass is 15.1. The second-order valence-electron chi connectivity index (χ2n) is 5.09. The number of rotatable bonds is 5. The van der Waals surface area contributed by atoms with Gasteiger partial charge in [-0.05, 0) is 31.2 Å². The maximum absolute atomic E-state index is 4.49. The second kappa shape index (κ2) is 6.07. The molecule has 1 N–H and O–H groups in total. The van der Waals surface area contributed by atoms with Gasteiger partial charge in [0.2, 0.25) is 0 Å². The number of aryl methyl sites for hydroxylation is 1. The minimum atomic E-state index is 0.747. The van der Waals surface area contributed by atoms with Crippen LogP contribution in [0.3, 0.4) is 0 Å². The highest BCUT2D eigenvalue weighted by Gasteiger charge is 2.20. The van der Waals surface area contributed by atoms with Gasteiger partial charge in [0.15, 0.2) is 0 Å². The van der Waals surface area contributed by atoms with Gasteiger partial charge in [-0.3, -0.25) is 5.10 Å². The van der Waals surface area contributed by atoms with Crippen LogP contribution in [0.1, 0.15) is 75.5 Å². The molecule has 1 heterocycles. The second-order valence-corrected chi connectivity index (χ2v) is 5.09. The topological polar surface area (TPSA) is 28.7 Å². The Morgan fingerprint density at radius 1 is 1.25 bits per heavy atom. The molecule has 1 aliphatic carbocycles. The third kappa shape index (κ3) is 2.87. The van der Waals surface area contributed by atoms with Crippen molar-refractivity contribution in [1.82, 2.24) is 10.2 Å². The number of aromatic nitrogens is 2. The molecule has 1 fully saturated rings. The van der Waals surface area contributed by atoms with Crippen LogP contribution in [0.2, 0.25) is 0 Å². The minimum Gasteiger partial charge on any atom is -0.285 e. The molecule has 0 spiro atoms. The fourth-order valence-electron chi connectivity index (χ4n) is 2.82. The molecule has 0 amide bonds. The zero-order chi connectivity index (χ0) is 11.2. The molecule has 0 atom stereocenters. The number of unbranched alkanes of at least 4 members (excludes halogenated alkanes) is 2. The third-order valence-corrected chi connectivity index (χ3v) is 3.79. The molecule has 2 rings (SSSR count). The Balaban J connectivity index is 1.94. The van der Waals surface area contributed by atoms with E-state index in [4.69, 9.17) is 0 Å². The molecule has 0 bridgehead atoms. The largest absolute Gasteiger partial charge is 0.285 e. The lowest BCUT2D eigenvalue weighted by Gasteiger charge is -2.20. The number of hydrogen-bond acceptors (Lipinski definition) is 1. The first-order valence-corrected chi connectivity index (χ1v) is 6.94. The van der Waals surface area contributed by atoms with Gasteiger partial charge < -0.3 is 0 Å². The van der Waals surface area contributed by atoms with Gasteiger partial charge >= 0.3 is 0 Å². The molecule has 2 nitrogen and oxygen atoms in total. The van der Waals surface area contributed by atoms with Crippen LogP contribution in [-0.2, 0) is 6.42 Å². The average molecular weight is 220 g/mol. The van der Waals surface area contributed by atoms with Gasteiger partial charge in [0.25, 0.3) is 0 Å². The quantitative estimate of drug-likeness (QED) is 0.740. The highest BCUT2D eigenvalue weighted by Crippen LogP contribution is 2.33. The summed E-state index contributed by atoms with van der Waals surface area (Å²) in [5.41, 5.74) is 2.87. The van der Waals surface area contributed by atoms with Gasteiger partial charge in [0, 0.05) is 12.1 Å². The van der Waals surface area contributed by atoms with Gasteiger partial charge in [0.1, 0.15) is 0 Å². The maximum Gasteiger partial charge on any atom is 0.0684 e. The van der Waals surface area contributed by atoms with E-state index in [1.165, 1.54) is 69.0 Å². The van der Waals surface area contributed by atoms with Crippen molar-refractivity contribution < 1.29 is 0 Å². The maximum atomic E-state index is 4.49. The first-order valence-electron chi connectivity index (χ1n) is 6.94. The predicted octanol–water partition coefficient (Wildman–Crippen LogP) is 4.19. The highest BCUT2D eigenvalue weighted by molar-refractivity contribution is 5.21. The lowest BCUT2D eigenvalue weighted by atomic mass is 9.85. The minimum absolute atomic E-state index is 0.747. The van der Waals surface area contributed by atoms with E-state index in [1.54, 1.807) is 0 Å². The lowest BCUT2D eigenvalue weighted by molar-refractivity contribution is 0.434. The molecular formula is C14H24N2. The first-order chi connectivity index (χ1) is 7.92. The van der Waals surface area contributed by atoms with Crippen molar-refractivity contribution in [2.45, 2.75) is 70.6 Å². The summed E-state index contributed by atoms with van der Waals surface area (Å²) < 4.78 is 0. The van der Waals surface area contributed by atoms with Crippen molar-refractivity contribution in [3.05, 3.63) is 17.5 Å². The number of aromatic amines is 1. The van der Waals surface area contributed by atoms with Crippen molar-refractivity contribution in [3.63, 3.8) is 0 Å². The fraction of sp³-hybridized carbons (Fsp3) is 0.786. The Bertz CT molecular complexity index is 297. The summed E-state index contributed by atoms with van der Waals surface area (Å²) in [6, 6.07) is 0. The van der Waals surface area contributed by atoms with Gasteiger partial charge in [-0.15, -0.1) is 0 Å². The number of nitrogens with zero attached hydrogens (tertiary/aromatic N) is 1. The van der Waals surface area contributed by atoms with Crippen LogP contribution in [0.5, 0.6) is 0 Å². The summed E-state index contributed by atoms with van der Waals surface area (Å²) in [6.07, 6.45) is 14.2. The fourth-order valence-corrected chi connectivity index (χ4v) is 2.82. The molecule has 2 heteroatoms. The van der Waals surface area contributed by atoms with E-state index in [0.717, 1.165) is 5.92 Å². The van der Waals surface area contributed by atoms with E-state index in [9.17, 15) is 0 Å². The standard InChI is InChI=1S/C14H24N2/c1-2-3-5-10-13-11-15-16-14(13)12-8-6-4-7-9-12/h11-12H,2-10H2,1H3,(H,15,16). The van der Waals surface area contributed by atoms with Gasteiger partial charge in [0.05, 0.1) is 5.69 Å². The molecule has 0 aromatic carbocycles. The van der Waals surface area contributed by atoms with Gasteiger partial charge in [-0.25, -0.2) is 0 Å². The predicted molar refractivity (Wildman–Crippen MR) is 67.6 cm³/mol. The van der Waals surface area contributed by atoms with Crippen molar-refractivity contribution in [1.29, 1.82) is 0 Å². The van der Waals surface area contributed by atoms with Gasteiger partial charge in [-0.1, -0.05) is 39.0 Å². The molecule has 1 aliphatic rings. The number of nitrogens with one attached hydrogen (secondary N) is 1. The van der Waals surface area contributed by atoms with Crippen LogP contribution in [0.15, 0.2) is 6.20 Å². The molecule has 16 heavy (non-hydrogen) atoms. The van der Waals surface area contributed by atoms with Crippen LogP contribution in [0, 0.1) is 0 Å². The molecule has 0 radical (unpaired) electrons. The van der Waals surface area contributed by atoms with E-state index in [0.29, 0.717) is 0 Å². The summed E-state index contributed by atoms with van der Waals surface area (Å²) >= 11 is 0. The van der Waals surface area contributed by atoms with Crippen LogP contribution in [0.25, 0.3) is 0 Å². The van der Waals surface area contributed by atoms with Crippen molar-refractivity contribution >= 4 is 0 Å². The van der Waals surface area contributed by atoms with Gasteiger partial charge in [-0.2, -0.15) is 5.10 Å². The first kappa shape index (κ1) is 11.7. The van der Waals surface area contributed by atoms with E-state index < -0.39 is 0 Å². The monoisotopic (exact) mass is 220 g/mol. The number of hydrogen-bond donors (Lipinski definition) is 1. The summed E-state index contributed by atoms with van der Waals surface area (Å²) in [6.45, 7) is 2.26. The Labute approximate surface area is 98.8 Å². The van der Waals surface area contributed by atoms with E-state index in [2.05, 4.69) is 23.3 Å². The van der Waals surface area contributed by atoms with Crippen molar-refractivity contribution in [3.8, 4) is 0 Å². The van der Waals surface area contributed by atoms with E-state index in [-0.39, 0.29) is 0 Å². The molecule has 0 unspecified atom stereocenters. The molecule has 90 valence electrons. The summed E-state index contributed by atoms with van der Waals surface area (Å²) in [4.78, 5) is 0. The van der Waals surface area contributed by atoms with Crippen LogP contribution in [-0.4, -0.2) is 10.2 Å². The molecule has 1 aromatic rings. The SMILES string of the molecule is CCCCCc1c[nH]nc1C1CCCCC1. The Kier molecular flexibility index (Phi) is 4.44. The normalized spacial score (nSPS) is 17.8. The Morgan fingerprint density at radius 2 is 2.06 bits per heavy atom. The Morgan fingerprint density at radius 3 is 2.81 bits per heavy atom. The summed E-state index contributed by atoms with van der Waals surface area (Å²) in [7, 11) is 0. The average Bonchev–Trinajstić information content (AvgIpc) is 2.79. The zero-order valence-corrected chi connectivity index (χ0v) is 10.5.